The zero-order valence-electron chi connectivity index (χ0n) is 14.6. The fourth-order valence-corrected chi connectivity index (χ4v) is 3.00. The minimum atomic E-state index is -0.117. The summed E-state index contributed by atoms with van der Waals surface area (Å²) in [7, 11) is 1.61. The Balaban J connectivity index is 2.16. The summed E-state index contributed by atoms with van der Waals surface area (Å²) in [5, 5.41) is 6.76. The minimum Gasteiger partial charge on any atom is -0.481 e. The first-order valence-electron chi connectivity index (χ1n) is 8.04. The number of methoxy groups -OCH3 is 1. The van der Waals surface area contributed by atoms with Crippen LogP contribution in [0.4, 0.5) is 11.8 Å². The molecule has 2 rings (SSSR count). The second kappa shape index (κ2) is 7.29. The molecule has 128 valence electrons. The van der Waals surface area contributed by atoms with Crippen molar-refractivity contribution in [2.75, 3.05) is 30.4 Å². The lowest BCUT2D eigenvalue weighted by Crippen LogP contribution is -2.43. The zero-order chi connectivity index (χ0) is 17.0. The molecule has 1 fully saturated rings. The van der Waals surface area contributed by atoms with Crippen LogP contribution in [0, 0.1) is 5.92 Å². The van der Waals surface area contributed by atoms with E-state index in [9.17, 15) is 0 Å². The van der Waals surface area contributed by atoms with Gasteiger partial charge in [0.05, 0.1) is 7.11 Å². The summed E-state index contributed by atoms with van der Waals surface area (Å²) in [6.45, 7) is 10.4. The highest BCUT2D eigenvalue weighted by atomic mass is 32.1. The summed E-state index contributed by atoms with van der Waals surface area (Å²) in [6.07, 6.45) is 2.45. The monoisotopic (exact) mass is 337 g/mol. The van der Waals surface area contributed by atoms with E-state index in [0.29, 0.717) is 22.9 Å². The van der Waals surface area contributed by atoms with Crippen LogP contribution in [0.1, 0.15) is 40.5 Å². The molecular formula is C16H27N5OS. The molecule has 7 heteroatoms. The van der Waals surface area contributed by atoms with E-state index >= 15 is 0 Å². The fraction of sp³-hybridized carbons (Fsp3) is 0.688. The zero-order valence-corrected chi connectivity index (χ0v) is 15.5. The topological polar surface area (TPSA) is 62.3 Å². The number of rotatable bonds is 3. The van der Waals surface area contributed by atoms with Gasteiger partial charge in [-0.3, -0.25) is 0 Å². The van der Waals surface area contributed by atoms with Crippen LogP contribution in [-0.2, 0) is 0 Å². The van der Waals surface area contributed by atoms with Crippen molar-refractivity contribution >= 4 is 29.1 Å². The van der Waals surface area contributed by atoms with Crippen LogP contribution in [0.5, 0.6) is 5.88 Å². The maximum absolute atomic E-state index is 5.33. The van der Waals surface area contributed by atoms with Crippen molar-refractivity contribution in [3.63, 3.8) is 0 Å². The molecular weight excluding hydrogens is 310 g/mol. The predicted octanol–water partition coefficient (Wildman–Crippen LogP) is 2.81. The summed E-state index contributed by atoms with van der Waals surface area (Å²) in [5.74, 6) is 2.54. The van der Waals surface area contributed by atoms with Crippen molar-refractivity contribution in [2.24, 2.45) is 5.92 Å². The Morgan fingerprint density at radius 3 is 2.74 bits per heavy atom. The van der Waals surface area contributed by atoms with Gasteiger partial charge in [0.15, 0.2) is 5.11 Å². The number of thiocarbonyl (C=S) groups is 1. The molecule has 1 aliphatic heterocycles. The van der Waals surface area contributed by atoms with E-state index in [4.69, 9.17) is 17.0 Å². The first-order chi connectivity index (χ1) is 10.8. The van der Waals surface area contributed by atoms with Crippen LogP contribution in [0.25, 0.3) is 0 Å². The number of nitrogens with zero attached hydrogens (tertiary/aromatic N) is 3. The molecule has 0 aliphatic carbocycles. The van der Waals surface area contributed by atoms with Crippen LogP contribution in [0.3, 0.4) is 0 Å². The van der Waals surface area contributed by atoms with Crippen LogP contribution >= 0.6 is 12.2 Å². The highest BCUT2D eigenvalue weighted by Crippen LogP contribution is 2.25. The summed E-state index contributed by atoms with van der Waals surface area (Å²) in [6, 6.07) is 1.88. The van der Waals surface area contributed by atoms with E-state index in [1.54, 1.807) is 7.11 Å². The van der Waals surface area contributed by atoms with Gasteiger partial charge >= 0.3 is 0 Å². The van der Waals surface area contributed by atoms with Gasteiger partial charge < -0.3 is 20.3 Å². The van der Waals surface area contributed by atoms with E-state index in [1.165, 1.54) is 12.8 Å². The van der Waals surface area contributed by atoms with Crippen molar-refractivity contribution in [2.45, 2.75) is 46.1 Å². The lowest BCUT2D eigenvalue weighted by Gasteiger charge is -2.32. The van der Waals surface area contributed by atoms with Gasteiger partial charge in [0.25, 0.3) is 0 Å². The first kappa shape index (κ1) is 17.7. The SMILES string of the molecule is COc1cc(N2CCC[C@H](C)C2)nc(NC(=S)NC(C)(C)C)n1. The second-order valence-electron chi connectivity index (χ2n) is 7.11. The molecule has 0 saturated carbocycles. The Bertz CT molecular complexity index is 558. The number of piperidine rings is 1. The van der Waals surface area contributed by atoms with E-state index in [2.05, 4.69) is 32.4 Å². The first-order valence-corrected chi connectivity index (χ1v) is 8.45. The normalized spacial score (nSPS) is 18.5. The van der Waals surface area contributed by atoms with Gasteiger partial charge in [0.1, 0.15) is 5.82 Å². The third kappa shape index (κ3) is 5.49. The van der Waals surface area contributed by atoms with Crippen LogP contribution in [0.2, 0.25) is 0 Å². The van der Waals surface area contributed by atoms with Crippen molar-refractivity contribution in [1.82, 2.24) is 15.3 Å². The number of hydrogen-bond acceptors (Lipinski definition) is 5. The summed E-state index contributed by atoms with van der Waals surface area (Å²) in [5.41, 5.74) is -0.117. The number of anilines is 2. The van der Waals surface area contributed by atoms with Crippen LogP contribution < -0.4 is 20.3 Å². The van der Waals surface area contributed by atoms with Gasteiger partial charge in [-0.25, -0.2) is 0 Å². The molecule has 0 bridgehead atoms. The molecule has 1 atom stereocenters. The molecule has 1 aromatic rings. The molecule has 0 amide bonds. The molecule has 0 radical (unpaired) electrons. The van der Waals surface area contributed by atoms with Gasteiger partial charge in [-0.15, -0.1) is 0 Å². The lowest BCUT2D eigenvalue weighted by molar-refractivity contribution is 0.396. The Kier molecular flexibility index (Phi) is 5.62. The highest BCUT2D eigenvalue weighted by molar-refractivity contribution is 7.80. The number of hydrogen-bond donors (Lipinski definition) is 2. The number of nitrogens with one attached hydrogen (secondary N) is 2. The standard InChI is InChI=1S/C16H27N5OS/c1-11-7-6-8-21(10-11)12-9-13(22-5)18-14(17-12)19-15(23)20-16(2,3)4/h9,11H,6-8,10H2,1-5H3,(H2,17,18,19,20,23)/t11-/m0/s1. The third-order valence-electron chi connectivity index (χ3n) is 3.59. The van der Waals surface area contributed by atoms with E-state index in [0.717, 1.165) is 18.9 Å². The van der Waals surface area contributed by atoms with Gasteiger partial charge in [-0.05, 0) is 51.7 Å². The molecule has 2 heterocycles. The molecule has 0 aromatic carbocycles. The Morgan fingerprint density at radius 2 is 2.13 bits per heavy atom. The summed E-state index contributed by atoms with van der Waals surface area (Å²) < 4.78 is 5.31. The van der Waals surface area contributed by atoms with Gasteiger partial charge in [0.2, 0.25) is 11.8 Å². The van der Waals surface area contributed by atoms with Gasteiger partial charge in [-0.2, -0.15) is 9.97 Å². The summed E-state index contributed by atoms with van der Waals surface area (Å²) >= 11 is 5.33. The molecule has 1 aromatic heterocycles. The highest BCUT2D eigenvalue weighted by Gasteiger charge is 2.20. The quantitative estimate of drug-likeness (QED) is 0.822. The smallest absolute Gasteiger partial charge is 0.234 e. The summed E-state index contributed by atoms with van der Waals surface area (Å²) in [4.78, 5) is 11.2. The van der Waals surface area contributed by atoms with Crippen LogP contribution in [0.15, 0.2) is 6.07 Å². The molecule has 23 heavy (non-hydrogen) atoms. The molecule has 0 spiro atoms. The maximum atomic E-state index is 5.33. The van der Waals surface area contributed by atoms with Gasteiger partial charge in [-0.1, -0.05) is 6.92 Å². The third-order valence-corrected chi connectivity index (χ3v) is 3.80. The van der Waals surface area contributed by atoms with Crippen LogP contribution in [-0.4, -0.2) is 40.8 Å². The second-order valence-corrected chi connectivity index (χ2v) is 7.52. The molecule has 2 N–H and O–H groups in total. The minimum absolute atomic E-state index is 0.117. The average Bonchev–Trinajstić information content (AvgIpc) is 2.44. The Morgan fingerprint density at radius 1 is 1.39 bits per heavy atom. The molecule has 1 saturated heterocycles. The largest absolute Gasteiger partial charge is 0.481 e. The van der Waals surface area contributed by atoms with Crippen molar-refractivity contribution in [1.29, 1.82) is 0 Å². The Labute approximate surface area is 144 Å². The maximum Gasteiger partial charge on any atom is 0.234 e. The van der Waals surface area contributed by atoms with Crippen molar-refractivity contribution in [3.05, 3.63) is 6.07 Å². The fourth-order valence-electron chi connectivity index (χ4n) is 2.61. The number of aromatic nitrogens is 2. The van der Waals surface area contributed by atoms with Gasteiger partial charge in [0, 0.05) is 24.7 Å². The van der Waals surface area contributed by atoms with Crippen molar-refractivity contribution < 1.29 is 4.74 Å². The van der Waals surface area contributed by atoms with E-state index in [1.807, 2.05) is 26.8 Å². The Hall–Kier alpha value is -1.63. The molecule has 0 unspecified atom stereocenters. The average molecular weight is 337 g/mol. The van der Waals surface area contributed by atoms with Crippen molar-refractivity contribution in [3.8, 4) is 5.88 Å². The van der Waals surface area contributed by atoms with E-state index < -0.39 is 0 Å². The van der Waals surface area contributed by atoms with E-state index in [-0.39, 0.29) is 5.54 Å². The molecule has 6 nitrogen and oxygen atoms in total. The molecule has 1 aliphatic rings. The predicted molar refractivity (Wildman–Crippen MR) is 98.3 cm³/mol. The lowest BCUT2D eigenvalue weighted by atomic mass is 10.0. The number of ether oxygens (including phenoxy) is 1.